The quantitative estimate of drug-likeness (QED) is 0.0712. The highest BCUT2D eigenvalue weighted by Crippen LogP contribution is 2.18. The Morgan fingerprint density at radius 3 is 2.26 bits per heavy atom. The number of rotatable bonds is 15. The summed E-state index contributed by atoms with van der Waals surface area (Å²) in [7, 11) is 1.75. The SMILES string of the molecule is CN/C(N)=C/C=C(\N)CCCCc1nnc(NC(=O)Cc2cccc(CNC(=O)c3ccccc3)c2)s1.O=CCc1ccccc1. The Labute approximate surface area is 274 Å². The van der Waals surface area contributed by atoms with Crippen LogP contribution in [0.25, 0.3) is 0 Å². The summed E-state index contributed by atoms with van der Waals surface area (Å²) < 4.78 is 0. The van der Waals surface area contributed by atoms with Crippen LogP contribution in [0.15, 0.2) is 109 Å². The van der Waals surface area contributed by atoms with Crippen molar-refractivity contribution in [1.29, 1.82) is 0 Å². The van der Waals surface area contributed by atoms with Gasteiger partial charge >= 0.3 is 0 Å². The molecule has 0 aliphatic rings. The molecule has 0 atom stereocenters. The lowest BCUT2D eigenvalue weighted by molar-refractivity contribution is -0.115. The molecule has 11 heteroatoms. The third-order valence-corrected chi connectivity index (χ3v) is 7.49. The van der Waals surface area contributed by atoms with E-state index in [9.17, 15) is 14.4 Å². The molecule has 0 saturated heterocycles. The Hall–Kier alpha value is -5.29. The second-order valence-electron chi connectivity index (χ2n) is 10.3. The van der Waals surface area contributed by atoms with Crippen LogP contribution in [0.4, 0.5) is 5.13 Å². The van der Waals surface area contributed by atoms with Crippen LogP contribution < -0.4 is 27.4 Å². The van der Waals surface area contributed by atoms with Crippen molar-refractivity contribution in [1.82, 2.24) is 20.8 Å². The van der Waals surface area contributed by atoms with Crippen LogP contribution in [-0.4, -0.2) is 35.3 Å². The molecule has 46 heavy (non-hydrogen) atoms. The average molecular weight is 640 g/mol. The monoisotopic (exact) mass is 639 g/mol. The number of amides is 2. The number of anilines is 1. The molecule has 4 rings (SSSR count). The summed E-state index contributed by atoms with van der Waals surface area (Å²) in [4.78, 5) is 34.8. The van der Waals surface area contributed by atoms with E-state index >= 15 is 0 Å². The molecular weight excluding hydrogens is 598 g/mol. The number of aromatic nitrogens is 2. The molecule has 7 N–H and O–H groups in total. The second kappa shape index (κ2) is 19.9. The van der Waals surface area contributed by atoms with Gasteiger partial charge in [-0.3, -0.25) is 9.59 Å². The summed E-state index contributed by atoms with van der Waals surface area (Å²) in [6.07, 6.45) is 8.56. The Balaban J connectivity index is 0.000000549. The minimum Gasteiger partial charge on any atom is -0.402 e. The van der Waals surface area contributed by atoms with Gasteiger partial charge < -0.3 is 32.2 Å². The Kier molecular flexibility index (Phi) is 15.2. The number of aldehydes is 1. The maximum Gasteiger partial charge on any atom is 0.251 e. The predicted molar refractivity (Wildman–Crippen MR) is 184 cm³/mol. The summed E-state index contributed by atoms with van der Waals surface area (Å²) in [6.45, 7) is 0.380. The first-order valence-electron chi connectivity index (χ1n) is 15.0. The van der Waals surface area contributed by atoms with Gasteiger partial charge in [-0.2, -0.15) is 0 Å². The zero-order valence-electron chi connectivity index (χ0n) is 25.9. The third kappa shape index (κ3) is 13.6. The fourth-order valence-corrected chi connectivity index (χ4v) is 4.95. The Morgan fingerprint density at radius 2 is 1.54 bits per heavy atom. The van der Waals surface area contributed by atoms with Crippen molar-refractivity contribution in [2.75, 3.05) is 12.4 Å². The van der Waals surface area contributed by atoms with Crippen LogP contribution in [-0.2, 0) is 35.4 Å². The molecule has 10 nitrogen and oxygen atoms in total. The number of unbranched alkanes of at least 4 members (excludes halogenated alkanes) is 1. The number of aryl methyl sites for hydroxylation is 1. The van der Waals surface area contributed by atoms with Crippen LogP contribution in [0.5, 0.6) is 0 Å². The molecule has 1 heterocycles. The standard InChI is InChI=1S/C27H33N7O2S.C8H8O/c1-30-23(29)15-14-22(28)12-5-6-13-25-33-34-27(37-25)32-24(35)17-19-8-7-9-20(16-19)18-31-26(36)21-10-3-2-4-11-21;9-7-6-8-4-2-1-3-5-8/h2-4,7-11,14-16,30H,5-6,12-13,17-18,28-29H2,1H3,(H,31,36)(H,32,34,35);1-5,7H,6H2/b22-14-,23-15+;. The van der Waals surface area contributed by atoms with E-state index in [1.807, 2.05) is 72.8 Å². The van der Waals surface area contributed by atoms with Gasteiger partial charge in [0, 0.05) is 37.7 Å². The molecule has 0 aliphatic heterocycles. The van der Waals surface area contributed by atoms with Crippen molar-refractivity contribution < 1.29 is 14.4 Å². The van der Waals surface area contributed by atoms with E-state index in [0.717, 1.165) is 59.4 Å². The van der Waals surface area contributed by atoms with Crippen LogP contribution in [0.2, 0.25) is 0 Å². The molecule has 0 aliphatic carbocycles. The first-order chi connectivity index (χ1) is 22.4. The first kappa shape index (κ1) is 35.2. The molecule has 4 aromatic rings. The van der Waals surface area contributed by atoms with Gasteiger partial charge in [0.15, 0.2) is 0 Å². The van der Waals surface area contributed by atoms with Gasteiger partial charge in [0.25, 0.3) is 5.91 Å². The van der Waals surface area contributed by atoms with Crippen molar-refractivity contribution in [2.45, 2.75) is 45.1 Å². The van der Waals surface area contributed by atoms with Gasteiger partial charge in [-0.25, -0.2) is 0 Å². The third-order valence-electron chi connectivity index (χ3n) is 6.59. The van der Waals surface area contributed by atoms with Crippen LogP contribution in [0.3, 0.4) is 0 Å². The molecule has 2 amide bonds. The number of nitrogens with one attached hydrogen (secondary N) is 3. The van der Waals surface area contributed by atoms with Crippen molar-refractivity contribution in [3.63, 3.8) is 0 Å². The first-order valence-corrected chi connectivity index (χ1v) is 15.8. The van der Waals surface area contributed by atoms with Gasteiger partial charge in [-0.1, -0.05) is 84.1 Å². The molecule has 0 spiro atoms. The molecule has 0 radical (unpaired) electrons. The lowest BCUT2D eigenvalue weighted by atomic mass is 10.1. The largest absolute Gasteiger partial charge is 0.402 e. The van der Waals surface area contributed by atoms with Crippen LogP contribution in [0.1, 0.15) is 51.3 Å². The van der Waals surface area contributed by atoms with E-state index in [1.54, 1.807) is 31.3 Å². The predicted octanol–water partition coefficient (Wildman–Crippen LogP) is 4.65. The Bertz CT molecular complexity index is 1590. The fraction of sp³-hybridized carbons (Fsp3) is 0.229. The number of benzene rings is 3. The van der Waals surface area contributed by atoms with Crippen LogP contribution in [0, 0.1) is 0 Å². The number of nitrogens with zero attached hydrogens (tertiary/aromatic N) is 2. The molecule has 0 saturated carbocycles. The average Bonchev–Trinajstić information content (AvgIpc) is 3.52. The highest BCUT2D eigenvalue weighted by molar-refractivity contribution is 7.15. The summed E-state index contributed by atoms with van der Waals surface area (Å²) in [6, 6.07) is 26.3. The molecule has 0 unspecified atom stereocenters. The van der Waals surface area contributed by atoms with Gasteiger partial charge in [0.1, 0.15) is 11.3 Å². The lowest BCUT2D eigenvalue weighted by Gasteiger charge is -2.07. The van der Waals surface area contributed by atoms with E-state index in [0.29, 0.717) is 29.5 Å². The van der Waals surface area contributed by atoms with Crippen molar-refractivity contribution in [3.8, 4) is 0 Å². The van der Waals surface area contributed by atoms with Gasteiger partial charge in [0.05, 0.1) is 12.2 Å². The van der Waals surface area contributed by atoms with E-state index in [-0.39, 0.29) is 18.2 Å². The van der Waals surface area contributed by atoms with E-state index in [4.69, 9.17) is 11.5 Å². The molecule has 0 bridgehead atoms. The van der Waals surface area contributed by atoms with Crippen molar-refractivity contribution in [2.24, 2.45) is 11.5 Å². The molecule has 3 aromatic carbocycles. The lowest BCUT2D eigenvalue weighted by Crippen LogP contribution is -2.22. The maximum absolute atomic E-state index is 12.5. The normalized spacial score (nSPS) is 11.2. The number of allylic oxidation sites excluding steroid dienone is 3. The van der Waals surface area contributed by atoms with E-state index in [1.165, 1.54) is 11.3 Å². The minimum atomic E-state index is -0.167. The second-order valence-corrected chi connectivity index (χ2v) is 11.3. The van der Waals surface area contributed by atoms with Crippen molar-refractivity contribution >= 4 is 34.6 Å². The van der Waals surface area contributed by atoms with E-state index < -0.39 is 0 Å². The zero-order valence-corrected chi connectivity index (χ0v) is 26.8. The molecule has 0 fully saturated rings. The van der Waals surface area contributed by atoms with Gasteiger partial charge in [0.2, 0.25) is 11.0 Å². The summed E-state index contributed by atoms with van der Waals surface area (Å²) in [5.41, 5.74) is 15.9. The minimum absolute atomic E-state index is 0.136. The highest BCUT2D eigenvalue weighted by atomic mass is 32.1. The summed E-state index contributed by atoms with van der Waals surface area (Å²) >= 11 is 1.38. The van der Waals surface area contributed by atoms with Crippen molar-refractivity contribution in [3.05, 3.63) is 136 Å². The zero-order chi connectivity index (χ0) is 33.0. The number of nitrogens with two attached hydrogens (primary N) is 2. The number of hydrogen-bond donors (Lipinski definition) is 5. The number of carbonyl (C=O) groups is 3. The van der Waals surface area contributed by atoms with Gasteiger partial charge in [-0.05, 0) is 60.2 Å². The summed E-state index contributed by atoms with van der Waals surface area (Å²) in [5.74, 6) is 0.258. The number of carbonyl (C=O) groups excluding carboxylic acids is 3. The van der Waals surface area contributed by atoms with Crippen LogP contribution >= 0.6 is 11.3 Å². The summed E-state index contributed by atoms with van der Waals surface area (Å²) in [5, 5.41) is 18.2. The fourth-order valence-electron chi connectivity index (χ4n) is 4.16. The highest BCUT2D eigenvalue weighted by Gasteiger charge is 2.10. The molecular formula is C35H41N7O3S. The molecule has 240 valence electrons. The molecule has 1 aromatic heterocycles. The smallest absolute Gasteiger partial charge is 0.251 e. The maximum atomic E-state index is 12.5. The number of hydrogen-bond acceptors (Lipinski definition) is 9. The topological polar surface area (TPSA) is 165 Å². The van der Waals surface area contributed by atoms with Gasteiger partial charge in [-0.15, -0.1) is 10.2 Å². The van der Waals surface area contributed by atoms with E-state index in [2.05, 4.69) is 26.1 Å². The Morgan fingerprint density at radius 1 is 0.848 bits per heavy atom.